The molecule has 0 bridgehead atoms. The minimum Gasteiger partial charge on any atom is -0.399 e. The topological polar surface area (TPSA) is 51.8 Å². The predicted molar refractivity (Wildman–Crippen MR) is 61.7 cm³/mol. The molecule has 0 atom stereocenters. The Balaban J connectivity index is 2.27. The average molecular weight is 235 g/mol. The number of rotatable bonds is 2. The van der Waals surface area contributed by atoms with E-state index in [-0.39, 0.29) is 5.82 Å². The van der Waals surface area contributed by atoms with Crippen molar-refractivity contribution in [2.75, 3.05) is 5.73 Å². The number of anilines is 1. The van der Waals surface area contributed by atoms with Crippen LogP contribution in [0.25, 0.3) is 0 Å². The number of halogens is 1. The summed E-state index contributed by atoms with van der Waals surface area (Å²) in [5, 5.41) is 0.331. The van der Waals surface area contributed by atoms with E-state index in [0.717, 1.165) is 4.90 Å². The van der Waals surface area contributed by atoms with Crippen molar-refractivity contribution >= 4 is 17.4 Å². The van der Waals surface area contributed by atoms with Crippen molar-refractivity contribution in [3.05, 3.63) is 42.1 Å². The Labute approximate surface area is 96.9 Å². The lowest BCUT2D eigenvalue weighted by atomic mass is 10.3. The Morgan fingerprint density at radius 3 is 2.56 bits per heavy atom. The number of hydrogen-bond acceptors (Lipinski definition) is 4. The minimum atomic E-state index is -0.371. The first-order valence-corrected chi connectivity index (χ1v) is 5.49. The van der Waals surface area contributed by atoms with Gasteiger partial charge < -0.3 is 5.73 Å². The molecule has 0 aliphatic carbocycles. The van der Waals surface area contributed by atoms with Crippen molar-refractivity contribution in [1.82, 2.24) is 9.97 Å². The van der Waals surface area contributed by atoms with E-state index in [9.17, 15) is 4.39 Å². The maximum absolute atomic E-state index is 13.6. The number of nitrogens with two attached hydrogens (primary N) is 1. The first kappa shape index (κ1) is 10.9. The summed E-state index contributed by atoms with van der Waals surface area (Å²) in [6, 6.07) is 7.20. The molecule has 1 heterocycles. The molecule has 0 radical (unpaired) electrons. The molecule has 0 saturated heterocycles. The molecule has 0 aliphatic heterocycles. The zero-order valence-electron chi connectivity index (χ0n) is 8.64. The molecule has 0 aliphatic rings. The normalized spacial score (nSPS) is 10.4. The van der Waals surface area contributed by atoms with Gasteiger partial charge in [-0.3, -0.25) is 0 Å². The number of hydrogen-bond donors (Lipinski definition) is 1. The van der Waals surface area contributed by atoms with Gasteiger partial charge in [0.05, 0.1) is 5.69 Å². The van der Waals surface area contributed by atoms with Gasteiger partial charge in [0.25, 0.3) is 0 Å². The molecule has 1 aromatic heterocycles. The minimum absolute atomic E-state index is 0.331. The summed E-state index contributed by atoms with van der Waals surface area (Å²) in [4.78, 5) is 8.57. The fourth-order valence-corrected chi connectivity index (χ4v) is 1.99. The van der Waals surface area contributed by atoms with E-state index >= 15 is 0 Å². The van der Waals surface area contributed by atoms with Crippen LogP contribution in [0.3, 0.4) is 0 Å². The second kappa shape index (κ2) is 4.49. The van der Waals surface area contributed by atoms with Crippen molar-refractivity contribution in [1.29, 1.82) is 0 Å². The Bertz CT molecular complexity index is 499. The van der Waals surface area contributed by atoms with E-state index in [1.54, 1.807) is 19.1 Å². The van der Waals surface area contributed by atoms with Gasteiger partial charge in [-0.2, -0.15) is 0 Å². The third-order valence-corrected chi connectivity index (χ3v) is 3.01. The predicted octanol–water partition coefficient (Wildman–Crippen LogP) is 2.66. The van der Waals surface area contributed by atoms with E-state index in [2.05, 4.69) is 9.97 Å². The molecule has 0 saturated carbocycles. The van der Waals surface area contributed by atoms with Gasteiger partial charge in [0.2, 0.25) is 0 Å². The van der Waals surface area contributed by atoms with Crippen LogP contribution in [0.4, 0.5) is 10.1 Å². The first-order chi connectivity index (χ1) is 7.66. The van der Waals surface area contributed by atoms with Crippen LogP contribution in [-0.4, -0.2) is 9.97 Å². The first-order valence-electron chi connectivity index (χ1n) is 4.67. The molecule has 5 heteroatoms. The highest BCUT2D eigenvalue weighted by molar-refractivity contribution is 7.99. The molecular weight excluding hydrogens is 225 g/mol. The average Bonchev–Trinajstić information content (AvgIpc) is 2.28. The third-order valence-electron chi connectivity index (χ3n) is 2.03. The lowest BCUT2D eigenvalue weighted by Gasteiger charge is -2.03. The summed E-state index contributed by atoms with van der Waals surface area (Å²) in [6.07, 6.45) is 1.36. The summed E-state index contributed by atoms with van der Waals surface area (Å²) >= 11 is 1.26. The highest BCUT2D eigenvalue weighted by Gasteiger charge is 2.08. The Kier molecular flexibility index (Phi) is 3.05. The number of nitrogen functional groups attached to an aromatic ring is 1. The summed E-state index contributed by atoms with van der Waals surface area (Å²) in [5.41, 5.74) is 6.60. The Hall–Kier alpha value is -1.62. The molecule has 0 fully saturated rings. The molecule has 1 aromatic carbocycles. The van der Waals surface area contributed by atoms with Gasteiger partial charge in [-0.25, -0.2) is 14.4 Å². The molecule has 2 N–H and O–H groups in total. The molecule has 82 valence electrons. The second-order valence-electron chi connectivity index (χ2n) is 3.25. The summed E-state index contributed by atoms with van der Waals surface area (Å²) in [7, 11) is 0. The lowest BCUT2D eigenvalue weighted by molar-refractivity contribution is 0.567. The van der Waals surface area contributed by atoms with Crippen molar-refractivity contribution in [3.8, 4) is 0 Å². The smallest absolute Gasteiger partial charge is 0.176 e. The van der Waals surface area contributed by atoms with Crippen LogP contribution >= 0.6 is 11.8 Å². The van der Waals surface area contributed by atoms with Crippen molar-refractivity contribution in [3.63, 3.8) is 0 Å². The van der Waals surface area contributed by atoms with E-state index in [1.165, 1.54) is 18.1 Å². The number of benzene rings is 1. The van der Waals surface area contributed by atoms with Crippen molar-refractivity contribution in [2.45, 2.75) is 16.8 Å². The number of aromatic nitrogens is 2. The maximum Gasteiger partial charge on any atom is 0.176 e. The molecule has 0 amide bonds. The molecule has 0 unspecified atom stereocenters. The maximum atomic E-state index is 13.6. The van der Waals surface area contributed by atoms with Crippen molar-refractivity contribution in [2.24, 2.45) is 0 Å². The zero-order valence-corrected chi connectivity index (χ0v) is 9.46. The van der Waals surface area contributed by atoms with Gasteiger partial charge >= 0.3 is 0 Å². The van der Waals surface area contributed by atoms with Crippen LogP contribution in [0.5, 0.6) is 0 Å². The highest BCUT2D eigenvalue weighted by atomic mass is 32.2. The standard InChI is InChI=1S/C11H10FN3S/c1-7-10(12)11(15-6-14-7)16-9-4-2-8(13)3-5-9/h2-6H,13H2,1H3. The van der Waals surface area contributed by atoms with Gasteiger partial charge in [0, 0.05) is 10.6 Å². The van der Waals surface area contributed by atoms with Gasteiger partial charge in [0.1, 0.15) is 11.4 Å². The second-order valence-corrected chi connectivity index (χ2v) is 4.31. The van der Waals surface area contributed by atoms with Crippen molar-refractivity contribution < 1.29 is 4.39 Å². The summed E-state index contributed by atoms with van der Waals surface area (Å²) < 4.78 is 13.6. The molecule has 0 spiro atoms. The largest absolute Gasteiger partial charge is 0.399 e. The van der Waals surface area contributed by atoms with Crippen LogP contribution < -0.4 is 5.73 Å². The van der Waals surface area contributed by atoms with E-state index in [4.69, 9.17) is 5.73 Å². The van der Waals surface area contributed by atoms with Gasteiger partial charge in [-0.1, -0.05) is 11.8 Å². The fourth-order valence-electron chi connectivity index (χ4n) is 1.15. The molecule has 2 aromatic rings. The molecule has 2 rings (SSSR count). The van der Waals surface area contributed by atoms with Crippen LogP contribution in [0.15, 0.2) is 40.5 Å². The SMILES string of the molecule is Cc1ncnc(Sc2ccc(N)cc2)c1F. The molecule has 16 heavy (non-hydrogen) atoms. The van der Waals surface area contributed by atoms with E-state index in [0.29, 0.717) is 16.4 Å². The number of aryl methyl sites for hydroxylation is 1. The summed E-state index contributed by atoms with van der Waals surface area (Å²) in [5.74, 6) is -0.371. The monoisotopic (exact) mass is 235 g/mol. The molecular formula is C11H10FN3S. The van der Waals surface area contributed by atoms with E-state index in [1.807, 2.05) is 12.1 Å². The van der Waals surface area contributed by atoms with Gasteiger partial charge in [-0.15, -0.1) is 0 Å². The zero-order chi connectivity index (χ0) is 11.5. The quantitative estimate of drug-likeness (QED) is 0.642. The Morgan fingerprint density at radius 2 is 1.88 bits per heavy atom. The summed E-state index contributed by atoms with van der Waals surface area (Å²) in [6.45, 7) is 1.62. The van der Waals surface area contributed by atoms with Crippen LogP contribution in [0.2, 0.25) is 0 Å². The van der Waals surface area contributed by atoms with E-state index < -0.39 is 0 Å². The van der Waals surface area contributed by atoms with Crippen LogP contribution in [0, 0.1) is 12.7 Å². The van der Waals surface area contributed by atoms with Crippen LogP contribution in [-0.2, 0) is 0 Å². The van der Waals surface area contributed by atoms with Gasteiger partial charge in [-0.05, 0) is 31.2 Å². The fraction of sp³-hybridized carbons (Fsp3) is 0.0909. The lowest BCUT2D eigenvalue weighted by Crippen LogP contribution is -1.93. The third kappa shape index (κ3) is 2.30. The van der Waals surface area contributed by atoms with Gasteiger partial charge in [0.15, 0.2) is 5.82 Å². The highest BCUT2D eigenvalue weighted by Crippen LogP contribution is 2.28. The van der Waals surface area contributed by atoms with Crippen LogP contribution in [0.1, 0.15) is 5.69 Å². The molecule has 3 nitrogen and oxygen atoms in total. The Morgan fingerprint density at radius 1 is 1.19 bits per heavy atom. The number of nitrogens with zero attached hydrogens (tertiary/aromatic N) is 2.